The van der Waals surface area contributed by atoms with Crippen molar-refractivity contribution in [3.05, 3.63) is 77.4 Å². The number of carbonyl (C=O) groups is 1. The van der Waals surface area contributed by atoms with Gasteiger partial charge < -0.3 is 19.7 Å². The minimum absolute atomic E-state index is 0.395. The van der Waals surface area contributed by atoms with Crippen LogP contribution < -0.4 is 15.0 Å². The lowest BCUT2D eigenvalue weighted by Crippen LogP contribution is -2.11. The highest BCUT2D eigenvalue weighted by Gasteiger charge is 2.27. The Balaban J connectivity index is 1.60. The van der Waals surface area contributed by atoms with Crippen molar-refractivity contribution in [3.8, 4) is 5.75 Å². The van der Waals surface area contributed by atoms with Gasteiger partial charge in [-0.15, -0.1) is 0 Å². The largest absolute Gasteiger partial charge is 0.497 e. The van der Waals surface area contributed by atoms with E-state index in [0.717, 1.165) is 11.4 Å². The van der Waals surface area contributed by atoms with Gasteiger partial charge in [-0.2, -0.15) is 0 Å². The van der Waals surface area contributed by atoms with Crippen molar-refractivity contribution < 1.29 is 14.3 Å². The molecule has 5 heteroatoms. The van der Waals surface area contributed by atoms with E-state index in [0.29, 0.717) is 28.8 Å². The lowest BCUT2D eigenvalue weighted by Gasteiger charge is -2.23. The third-order valence-corrected chi connectivity index (χ3v) is 7.22. The summed E-state index contributed by atoms with van der Waals surface area (Å²) >= 11 is 0. The molecule has 0 aromatic heterocycles. The molecule has 1 aliphatic carbocycles. The van der Waals surface area contributed by atoms with Crippen molar-refractivity contribution in [2.45, 2.75) is 57.8 Å². The fourth-order valence-electron chi connectivity index (χ4n) is 4.86. The molecule has 3 aromatic carbocycles. The molecule has 3 aromatic rings. The zero-order chi connectivity index (χ0) is 25.7. The highest BCUT2D eigenvalue weighted by Crippen LogP contribution is 2.46. The first kappa shape index (κ1) is 25.6. The topological polar surface area (TPSA) is 50.8 Å². The van der Waals surface area contributed by atoms with Crippen LogP contribution in [0.2, 0.25) is 0 Å². The van der Waals surface area contributed by atoms with Crippen LogP contribution in [0.25, 0.3) is 0 Å². The van der Waals surface area contributed by atoms with Gasteiger partial charge in [-0.3, -0.25) is 0 Å². The quantitative estimate of drug-likeness (QED) is 0.277. The number of methoxy groups -OCH3 is 2. The smallest absolute Gasteiger partial charge is 0.340 e. The first-order valence-electron chi connectivity index (χ1n) is 13.0. The molecule has 1 unspecified atom stereocenters. The monoisotopic (exact) mass is 486 g/mol. The first-order valence-corrected chi connectivity index (χ1v) is 13.0. The molecule has 0 heterocycles. The standard InChI is InChI=1S/C31H38N2O3/c1-6-8-21(7-2)22-11-13-24(14-12-22)33(3)25-15-17-29(27(19-25)23-9-10-23)32-30-18-16-26(35-4)20-28(30)31(34)36-5/h11-21,23,32H,6-10H2,1-5H3. The summed E-state index contributed by atoms with van der Waals surface area (Å²) in [5.41, 5.74) is 7.21. The van der Waals surface area contributed by atoms with Gasteiger partial charge in [0.25, 0.3) is 0 Å². The van der Waals surface area contributed by atoms with Gasteiger partial charge in [0, 0.05) is 24.1 Å². The molecule has 0 aliphatic heterocycles. The number of hydrogen-bond donors (Lipinski definition) is 1. The van der Waals surface area contributed by atoms with Crippen LogP contribution in [0, 0.1) is 0 Å². The number of anilines is 4. The molecule has 1 fully saturated rings. The normalized spacial score (nSPS) is 13.7. The van der Waals surface area contributed by atoms with E-state index in [4.69, 9.17) is 9.47 Å². The lowest BCUT2D eigenvalue weighted by molar-refractivity contribution is 0.0601. The molecule has 1 N–H and O–H groups in total. The van der Waals surface area contributed by atoms with E-state index in [-0.39, 0.29) is 0 Å². The van der Waals surface area contributed by atoms with Crippen molar-refractivity contribution in [3.63, 3.8) is 0 Å². The van der Waals surface area contributed by atoms with E-state index < -0.39 is 5.97 Å². The van der Waals surface area contributed by atoms with Gasteiger partial charge in [0.15, 0.2) is 0 Å². The molecule has 1 aliphatic rings. The average molecular weight is 487 g/mol. The molecule has 0 amide bonds. The number of rotatable bonds is 11. The zero-order valence-electron chi connectivity index (χ0n) is 22.1. The summed E-state index contributed by atoms with van der Waals surface area (Å²) in [5, 5.41) is 3.50. The number of nitrogens with zero attached hydrogens (tertiary/aromatic N) is 1. The van der Waals surface area contributed by atoms with Gasteiger partial charge in [-0.05, 0) is 97.2 Å². The first-order chi connectivity index (χ1) is 17.5. The molecule has 0 radical (unpaired) electrons. The number of nitrogens with one attached hydrogen (secondary N) is 1. The molecule has 0 spiro atoms. The number of benzene rings is 3. The fraction of sp³-hybridized carbons (Fsp3) is 0.387. The van der Waals surface area contributed by atoms with E-state index in [1.54, 1.807) is 13.2 Å². The zero-order valence-corrected chi connectivity index (χ0v) is 22.1. The Kier molecular flexibility index (Phi) is 8.19. The highest BCUT2D eigenvalue weighted by molar-refractivity contribution is 5.97. The molecular weight excluding hydrogens is 448 g/mol. The Morgan fingerprint density at radius 3 is 2.28 bits per heavy atom. The van der Waals surface area contributed by atoms with E-state index in [9.17, 15) is 4.79 Å². The van der Waals surface area contributed by atoms with Gasteiger partial charge in [-0.25, -0.2) is 4.79 Å². The SMILES string of the molecule is CCCC(CC)c1ccc(N(C)c2ccc(Nc3ccc(OC)cc3C(=O)OC)c(C3CC3)c2)cc1. The van der Waals surface area contributed by atoms with Crippen molar-refractivity contribution in [1.29, 1.82) is 0 Å². The van der Waals surface area contributed by atoms with Gasteiger partial charge >= 0.3 is 5.97 Å². The van der Waals surface area contributed by atoms with E-state index in [1.807, 2.05) is 12.1 Å². The van der Waals surface area contributed by atoms with Gasteiger partial charge in [0.05, 0.1) is 25.5 Å². The molecular formula is C31H38N2O3. The fourth-order valence-corrected chi connectivity index (χ4v) is 4.86. The van der Waals surface area contributed by atoms with Crippen LogP contribution in [0.4, 0.5) is 22.7 Å². The van der Waals surface area contributed by atoms with Crippen LogP contribution in [0.1, 0.15) is 79.3 Å². The summed E-state index contributed by atoms with van der Waals surface area (Å²) in [4.78, 5) is 14.7. The minimum Gasteiger partial charge on any atom is -0.497 e. The third kappa shape index (κ3) is 5.67. The summed E-state index contributed by atoms with van der Waals surface area (Å²) in [6.45, 7) is 4.53. The molecule has 0 saturated heterocycles. The predicted octanol–water partition coefficient (Wildman–Crippen LogP) is 8.16. The van der Waals surface area contributed by atoms with Gasteiger partial charge in [-0.1, -0.05) is 32.4 Å². The van der Waals surface area contributed by atoms with Crippen molar-refractivity contribution >= 4 is 28.7 Å². The second-order valence-corrected chi connectivity index (χ2v) is 9.62. The van der Waals surface area contributed by atoms with Crippen LogP contribution in [0.3, 0.4) is 0 Å². The molecule has 0 bridgehead atoms. The number of hydrogen-bond acceptors (Lipinski definition) is 5. The Labute approximate surface area is 215 Å². The Hall–Kier alpha value is -3.47. The van der Waals surface area contributed by atoms with Crippen LogP contribution in [0.5, 0.6) is 5.75 Å². The number of ether oxygens (including phenoxy) is 2. The highest BCUT2D eigenvalue weighted by atomic mass is 16.5. The summed E-state index contributed by atoms with van der Waals surface area (Å²) in [5.74, 6) is 1.39. The third-order valence-electron chi connectivity index (χ3n) is 7.22. The maximum Gasteiger partial charge on any atom is 0.340 e. The Morgan fingerprint density at radius 2 is 1.67 bits per heavy atom. The van der Waals surface area contributed by atoms with E-state index >= 15 is 0 Å². The van der Waals surface area contributed by atoms with Crippen molar-refractivity contribution in [2.24, 2.45) is 0 Å². The average Bonchev–Trinajstić information content (AvgIpc) is 3.77. The van der Waals surface area contributed by atoms with Gasteiger partial charge in [0.2, 0.25) is 0 Å². The maximum atomic E-state index is 12.4. The summed E-state index contributed by atoms with van der Waals surface area (Å²) in [6.07, 6.45) is 5.98. The Bertz CT molecular complexity index is 1180. The second-order valence-electron chi connectivity index (χ2n) is 9.62. The van der Waals surface area contributed by atoms with Crippen LogP contribution >= 0.6 is 0 Å². The van der Waals surface area contributed by atoms with Crippen molar-refractivity contribution in [2.75, 3.05) is 31.5 Å². The number of carbonyl (C=O) groups excluding carboxylic acids is 1. The van der Waals surface area contributed by atoms with Crippen LogP contribution in [-0.2, 0) is 4.74 Å². The summed E-state index contributed by atoms with van der Waals surface area (Å²) in [7, 11) is 5.10. The molecule has 4 rings (SSSR count). The summed E-state index contributed by atoms with van der Waals surface area (Å²) in [6, 6.07) is 21.0. The van der Waals surface area contributed by atoms with E-state index in [2.05, 4.69) is 73.6 Å². The molecule has 1 atom stereocenters. The maximum absolute atomic E-state index is 12.4. The minimum atomic E-state index is -0.395. The van der Waals surface area contributed by atoms with Gasteiger partial charge in [0.1, 0.15) is 5.75 Å². The molecule has 36 heavy (non-hydrogen) atoms. The Morgan fingerprint density at radius 1 is 0.972 bits per heavy atom. The van der Waals surface area contributed by atoms with Crippen LogP contribution in [-0.4, -0.2) is 27.2 Å². The lowest BCUT2D eigenvalue weighted by atomic mass is 9.92. The predicted molar refractivity (Wildman–Crippen MR) is 148 cm³/mol. The number of esters is 1. The van der Waals surface area contributed by atoms with Crippen molar-refractivity contribution in [1.82, 2.24) is 0 Å². The molecule has 1 saturated carbocycles. The van der Waals surface area contributed by atoms with E-state index in [1.165, 1.54) is 56.0 Å². The molecule has 5 nitrogen and oxygen atoms in total. The molecule has 190 valence electrons. The second kappa shape index (κ2) is 11.5. The van der Waals surface area contributed by atoms with Crippen LogP contribution in [0.15, 0.2) is 60.7 Å². The summed E-state index contributed by atoms with van der Waals surface area (Å²) < 4.78 is 10.3.